The molecule has 0 unspecified atom stereocenters. The quantitative estimate of drug-likeness (QED) is 0.784. The molecule has 2 amide bonds. The molecule has 2 saturated heterocycles. The third-order valence-electron chi connectivity index (χ3n) is 5.51. The average molecular weight is 292 g/mol. The third kappa shape index (κ3) is 3.41. The molecule has 0 spiro atoms. The highest BCUT2D eigenvalue weighted by atomic mass is 16.2. The molecule has 118 valence electrons. The standard InChI is InChI=1S/C17H28N2O2/c20-16(18-10-2-1-3-11-18)14-6-8-15(9-7-14)17(21)19-12-4-5-13-19/h14-15H,1-13H2. The van der Waals surface area contributed by atoms with Gasteiger partial charge in [0.15, 0.2) is 0 Å². The first-order valence-corrected chi connectivity index (χ1v) is 8.83. The molecule has 2 heterocycles. The molecule has 4 nitrogen and oxygen atoms in total. The highest BCUT2D eigenvalue weighted by molar-refractivity contribution is 5.81. The summed E-state index contributed by atoms with van der Waals surface area (Å²) in [5.74, 6) is 1.09. The van der Waals surface area contributed by atoms with Gasteiger partial charge in [0.25, 0.3) is 0 Å². The molecule has 0 aromatic carbocycles. The smallest absolute Gasteiger partial charge is 0.225 e. The van der Waals surface area contributed by atoms with Gasteiger partial charge in [-0.2, -0.15) is 0 Å². The Hall–Kier alpha value is -1.06. The van der Waals surface area contributed by atoms with Crippen LogP contribution in [0.4, 0.5) is 0 Å². The van der Waals surface area contributed by atoms with Gasteiger partial charge < -0.3 is 9.80 Å². The molecule has 0 bridgehead atoms. The lowest BCUT2D eigenvalue weighted by molar-refractivity contribution is -0.141. The predicted octanol–water partition coefficient (Wildman–Crippen LogP) is 2.43. The summed E-state index contributed by atoms with van der Waals surface area (Å²) < 4.78 is 0. The zero-order chi connectivity index (χ0) is 14.7. The summed E-state index contributed by atoms with van der Waals surface area (Å²) >= 11 is 0. The summed E-state index contributed by atoms with van der Waals surface area (Å²) in [5.41, 5.74) is 0. The molecular weight excluding hydrogens is 264 g/mol. The first-order chi connectivity index (χ1) is 10.3. The second-order valence-electron chi connectivity index (χ2n) is 6.97. The fraction of sp³-hybridized carbons (Fsp3) is 0.882. The zero-order valence-electron chi connectivity index (χ0n) is 13.1. The number of carbonyl (C=O) groups is 2. The highest BCUT2D eigenvalue weighted by Crippen LogP contribution is 2.32. The molecule has 0 aromatic heterocycles. The van der Waals surface area contributed by atoms with E-state index in [2.05, 4.69) is 4.90 Å². The van der Waals surface area contributed by atoms with E-state index in [1.807, 2.05) is 4.90 Å². The second kappa shape index (κ2) is 6.80. The van der Waals surface area contributed by atoms with Crippen molar-refractivity contribution >= 4 is 11.8 Å². The number of hydrogen-bond acceptors (Lipinski definition) is 2. The highest BCUT2D eigenvalue weighted by Gasteiger charge is 2.34. The lowest BCUT2D eigenvalue weighted by atomic mass is 9.80. The molecule has 4 heteroatoms. The van der Waals surface area contributed by atoms with Crippen LogP contribution in [-0.4, -0.2) is 47.8 Å². The summed E-state index contributed by atoms with van der Waals surface area (Å²) in [5, 5.41) is 0. The molecule has 0 radical (unpaired) electrons. The molecule has 1 aliphatic carbocycles. The summed E-state index contributed by atoms with van der Waals surface area (Å²) in [7, 11) is 0. The predicted molar refractivity (Wildman–Crippen MR) is 81.7 cm³/mol. The Labute approximate surface area is 127 Å². The van der Waals surface area contributed by atoms with Crippen LogP contribution in [0.1, 0.15) is 57.8 Å². The van der Waals surface area contributed by atoms with Crippen molar-refractivity contribution in [3.63, 3.8) is 0 Å². The van der Waals surface area contributed by atoms with Gasteiger partial charge in [-0.3, -0.25) is 9.59 Å². The monoisotopic (exact) mass is 292 g/mol. The Bertz CT molecular complexity index is 376. The lowest BCUT2D eigenvalue weighted by Gasteiger charge is -2.34. The van der Waals surface area contributed by atoms with E-state index in [0.717, 1.165) is 77.5 Å². The number of hydrogen-bond donors (Lipinski definition) is 0. The maximum absolute atomic E-state index is 12.5. The van der Waals surface area contributed by atoms with Crippen molar-refractivity contribution in [2.24, 2.45) is 11.8 Å². The van der Waals surface area contributed by atoms with Crippen molar-refractivity contribution in [1.82, 2.24) is 9.80 Å². The van der Waals surface area contributed by atoms with Gasteiger partial charge in [-0.1, -0.05) is 0 Å². The maximum atomic E-state index is 12.5. The summed E-state index contributed by atoms with van der Waals surface area (Å²) in [4.78, 5) is 29.0. The van der Waals surface area contributed by atoms with Crippen molar-refractivity contribution in [1.29, 1.82) is 0 Å². The van der Waals surface area contributed by atoms with Crippen LogP contribution < -0.4 is 0 Å². The van der Waals surface area contributed by atoms with E-state index in [4.69, 9.17) is 0 Å². The van der Waals surface area contributed by atoms with E-state index in [-0.39, 0.29) is 11.8 Å². The third-order valence-corrected chi connectivity index (χ3v) is 5.51. The zero-order valence-corrected chi connectivity index (χ0v) is 13.1. The molecule has 21 heavy (non-hydrogen) atoms. The van der Waals surface area contributed by atoms with E-state index >= 15 is 0 Å². The van der Waals surface area contributed by atoms with Crippen LogP contribution in [0.2, 0.25) is 0 Å². The van der Waals surface area contributed by atoms with Crippen molar-refractivity contribution in [3.8, 4) is 0 Å². The minimum Gasteiger partial charge on any atom is -0.342 e. The van der Waals surface area contributed by atoms with Gasteiger partial charge >= 0.3 is 0 Å². The van der Waals surface area contributed by atoms with Gasteiger partial charge in [-0.15, -0.1) is 0 Å². The van der Waals surface area contributed by atoms with E-state index < -0.39 is 0 Å². The Morgan fingerprint density at radius 2 is 0.905 bits per heavy atom. The summed E-state index contributed by atoms with van der Waals surface area (Å²) in [6.45, 7) is 3.80. The molecular formula is C17H28N2O2. The van der Waals surface area contributed by atoms with Crippen molar-refractivity contribution < 1.29 is 9.59 Å². The van der Waals surface area contributed by atoms with Gasteiger partial charge in [0, 0.05) is 38.0 Å². The van der Waals surface area contributed by atoms with Gasteiger partial charge in [-0.25, -0.2) is 0 Å². The number of likely N-dealkylation sites (tertiary alicyclic amines) is 2. The SMILES string of the molecule is O=C(C1CCC(C(=O)N2CCCC2)CC1)N1CCCCC1. The summed E-state index contributed by atoms with van der Waals surface area (Å²) in [6, 6.07) is 0. The molecule has 1 saturated carbocycles. The number of amides is 2. The normalized spacial score (nSPS) is 30.5. The molecule has 2 aliphatic heterocycles. The van der Waals surface area contributed by atoms with Crippen molar-refractivity contribution in [2.45, 2.75) is 57.8 Å². The van der Waals surface area contributed by atoms with Gasteiger partial charge in [0.2, 0.25) is 11.8 Å². The first kappa shape index (κ1) is 14.9. The van der Waals surface area contributed by atoms with Crippen LogP contribution in [0.15, 0.2) is 0 Å². The van der Waals surface area contributed by atoms with Crippen LogP contribution in [0, 0.1) is 11.8 Å². The topological polar surface area (TPSA) is 40.6 Å². The van der Waals surface area contributed by atoms with Crippen LogP contribution in [0.5, 0.6) is 0 Å². The number of carbonyl (C=O) groups excluding carboxylic acids is 2. The van der Waals surface area contributed by atoms with E-state index in [1.54, 1.807) is 0 Å². The summed E-state index contributed by atoms with van der Waals surface area (Å²) in [6.07, 6.45) is 9.57. The number of rotatable bonds is 2. The maximum Gasteiger partial charge on any atom is 0.225 e. The van der Waals surface area contributed by atoms with E-state index in [9.17, 15) is 9.59 Å². The number of piperidine rings is 1. The van der Waals surface area contributed by atoms with Crippen LogP contribution in [0.3, 0.4) is 0 Å². The van der Waals surface area contributed by atoms with Crippen LogP contribution >= 0.6 is 0 Å². The molecule has 3 rings (SSSR count). The van der Waals surface area contributed by atoms with E-state index in [1.165, 1.54) is 6.42 Å². The largest absolute Gasteiger partial charge is 0.342 e. The molecule has 0 N–H and O–H groups in total. The van der Waals surface area contributed by atoms with Crippen LogP contribution in [-0.2, 0) is 9.59 Å². The Kier molecular flexibility index (Phi) is 4.81. The first-order valence-electron chi connectivity index (χ1n) is 8.83. The molecule has 3 fully saturated rings. The van der Waals surface area contributed by atoms with Crippen LogP contribution in [0.25, 0.3) is 0 Å². The minimum atomic E-state index is 0.186. The average Bonchev–Trinajstić information content (AvgIpc) is 3.09. The van der Waals surface area contributed by atoms with Gasteiger partial charge in [0.05, 0.1) is 0 Å². The molecule has 0 atom stereocenters. The number of nitrogens with zero attached hydrogens (tertiary/aromatic N) is 2. The van der Waals surface area contributed by atoms with E-state index in [0.29, 0.717) is 11.8 Å². The van der Waals surface area contributed by atoms with Gasteiger partial charge in [-0.05, 0) is 57.8 Å². The molecule has 0 aromatic rings. The van der Waals surface area contributed by atoms with Crippen molar-refractivity contribution in [2.75, 3.05) is 26.2 Å². The lowest BCUT2D eigenvalue weighted by Crippen LogP contribution is -2.42. The second-order valence-corrected chi connectivity index (χ2v) is 6.97. The van der Waals surface area contributed by atoms with Crippen molar-refractivity contribution in [3.05, 3.63) is 0 Å². The Morgan fingerprint density at radius 1 is 0.571 bits per heavy atom. The van der Waals surface area contributed by atoms with Gasteiger partial charge in [0.1, 0.15) is 0 Å². The fourth-order valence-corrected chi connectivity index (χ4v) is 4.16. The Balaban J connectivity index is 1.48. The fourth-order valence-electron chi connectivity index (χ4n) is 4.16. The minimum absolute atomic E-state index is 0.186. The molecule has 3 aliphatic rings. The Morgan fingerprint density at radius 3 is 1.29 bits per heavy atom.